The minimum atomic E-state index is -1.81. The lowest BCUT2D eigenvalue weighted by molar-refractivity contribution is 0.381. The van der Waals surface area contributed by atoms with E-state index in [4.69, 9.17) is 4.43 Å². The fraction of sp³-hybridized carbons (Fsp3) is 0.304. The zero-order valence-electron chi connectivity index (χ0n) is 15.8. The standard InChI is InChI=1S/C23H26OSi/c1-23(2,3)25(4,5)24-16-14-21-19-12-8-6-10-17(19)18-11-7-9-13-20(18)22(21)15-16/h6-14H,15H2,1-5H3. The Balaban J connectivity index is 1.88. The second-order valence-corrected chi connectivity index (χ2v) is 13.4. The lowest BCUT2D eigenvalue weighted by Crippen LogP contribution is -2.40. The lowest BCUT2D eigenvalue weighted by Gasteiger charge is -2.36. The van der Waals surface area contributed by atoms with Crippen molar-refractivity contribution in [2.24, 2.45) is 0 Å². The van der Waals surface area contributed by atoms with Crippen LogP contribution in [0, 0.1) is 0 Å². The van der Waals surface area contributed by atoms with Crippen molar-refractivity contribution in [1.29, 1.82) is 0 Å². The van der Waals surface area contributed by atoms with E-state index in [1.807, 2.05) is 0 Å². The molecule has 0 saturated heterocycles. The van der Waals surface area contributed by atoms with Crippen molar-refractivity contribution < 1.29 is 4.43 Å². The molecule has 0 aromatic heterocycles. The molecule has 0 N–H and O–H groups in total. The van der Waals surface area contributed by atoms with Gasteiger partial charge in [0.2, 0.25) is 8.32 Å². The van der Waals surface area contributed by atoms with Gasteiger partial charge >= 0.3 is 0 Å². The summed E-state index contributed by atoms with van der Waals surface area (Å²) in [5.41, 5.74) is 2.77. The summed E-state index contributed by atoms with van der Waals surface area (Å²) in [6, 6.07) is 17.5. The van der Waals surface area contributed by atoms with Crippen molar-refractivity contribution in [3.63, 3.8) is 0 Å². The van der Waals surface area contributed by atoms with Crippen LogP contribution in [0.3, 0.4) is 0 Å². The third-order valence-electron chi connectivity index (χ3n) is 5.93. The van der Waals surface area contributed by atoms with E-state index in [-0.39, 0.29) is 5.04 Å². The Morgan fingerprint density at radius 3 is 1.92 bits per heavy atom. The molecule has 4 rings (SSSR count). The zero-order valence-corrected chi connectivity index (χ0v) is 16.8. The van der Waals surface area contributed by atoms with Crippen molar-refractivity contribution >= 4 is 35.9 Å². The molecule has 0 unspecified atom stereocenters. The van der Waals surface area contributed by atoms with Gasteiger partial charge in [0.05, 0.1) is 5.76 Å². The maximum absolute atomic E-state index is 6.64. The molecule has 0 radical (unpaired) electrons. The van der Waals surface area contributed by atoms with E-state index in [1.54, 1.807) is 0 Å². The van der Waals surface area contributed by atoms with Crippen molar-refractivity contribution in [3.05, 3.63) is 65.4 Å². The van der Waals surface area contributed by atoms with Gasteiger partial charge < -0.3 is 4.43 Å². The van der Waals surface area contributed by atoms with Crippen LogP contribution in [0.15, 0.2) is 54.3 Å². The molecule has 0 saturated carbocycles. The molecule has 3 aromatic carbocycles. The van der Waals surface area contributed by atoms with Gasteiger partial charge in [0.15, 0.2) is 0 Å². The Bertz CT molecular complexity index is 1010. The first-order valence-corrected chi connectivity index (χ1v) is 12.0. The van der Waals surface area contributed by atoms with Gasteiger partial charge in [0.25, 0.3) is 0 Å². The van der Waals surface area contributed by atoms with Crippen LogP contribution >= 0.6 is 0 Å². The van der Waals surface area contributed by atoms with Crippen LogP contribution in [0.2, 0.25) is 18.1 Å². The molecule has 1 nitrogen and oxygen atoms in total. The molecular formula is C23H26OSi. The molecule has 0 spiro atoms. The van der Waals surface area contributed by atoms with Gasteiger partial charge in [-0.1, -0.05) is 69.3 Å². The SMILES string of the molecule is CC(C)(C)[Si](C)(C)OC1=Cc2c(c3ccccc3c3ccccc23)C1. The van der Waals surface area contributed by atoms with Crippen LogP contribution < -0.4 is 0 Å². The quantitative estimate of drug-likeness (QED) is 0.362. The summed E-state index contributed by atoms with van der Waals surface area (Å²) in [6.07, 6.45) is 3.21. The number of benzene rings is 3. The smallest absolute Gasteiger partial charge is 0.250 e. The second-order valence-electron chi connectivity index (χ2n) is 8.63. The number of allylic oxidation sites excluding steroid dienone is 1. The molecular weight excluding hydrogens is 320 g/mol. The third kappa shape index (κ3) is 2.60. The molecule has 2 heteroatoms. The summed E-state index contributed by atoms with van der Waals surface area (Å²) >= 11 is 0. The first-order chi connectivity index (χ1) is 11.8. The number of fused-ring (bicyclic) bond motifs is 6. The highest BCUT2D eigenvalue weighted by Crippen LogP contribution is 2.43. The average molecular weight is 347 g/mol. The monoisotopic (exact) mass is 346 g/mol. The van der Waals surface area contributed by atoms with Crippen LogP contribution in [-0.4, -0.2) is 8.32 Å². The van der Waals surface area contributed by atoms with E-state index in [0.717, 1.165) is 12.2 Å². The third-order valence-corrected chi connectivity index (χ3v) is 10.3. The molecule has 25 heavy (non-hydrogen) atoms. The molecule has 128 valence electrons. The molecule has 0 fully saturated rings. The highest BCUT2D eigenvalue weighted by Gasteiger charge is 2.40. The summed E-state index contributed by atoms with van der Waals surface area (Å²) in [5, 5.41) is 5.60. The predicted octanol–water partition coefficient (Wildman–Crippen LogP) is 6.91. The topological polar surface area (TPSA) is 9.23 Å². The molecule has 0 bridgehead atoms. The Morgan fingerprint density at radius 2 is 1.32 bits per heavy atom. The van der Waals surface area contributed by atoms with Crippen LogP contribution in [0.5, 0.6) is 0 Å². The maximum Gasteiger partial charge on any atom is 0.250 e. The van der Waals surface area contributed by atoms with Crippen molar-refractivity contribution in [2.75, 3.05) is 0 Å². The van der Waals surface area contributed by atoms with E-state index in [1.165, 1.54) is 32.7 Å². The molecule has 0 aliphatic heterocycles. The largest absolute Gasteiger partial charge is 0.546 e. The summed E-state index contributed by atoms with van der Waals surface area (Å²) in [7, 11) is -1.81. The van der Waals surface area contributed by atoms with Gasteiger partial charge in [-0.25, -0.2) is 0 Å². The highest BCUT2D eigenvalue weighted by molar-refractivity contribution is 6.74. The maximum atomic E-state index is 6.64. The van der Waals surface area contributed by atoms with Gasteiger partial charge in [-0.05, 0) is 56.9 Å². The van der Waals surface area contributed by atoms with Crippen LogP contribution in [-0.2, 0) is 10.8 Å². The van der Waals surface area contributed by atoms with Crippen molar-refractivity contribution in [2.45, 2.75) is 45.3 Å². The fourth-order valence-electron chi connectivity index (χ4n) is 3.53. The van der Waals surface area contributed by atoms with Gasteiger partial charge in [-0.3, -0.25) is 0 Å². The van der Waals surface area contributed by atoms with Gasteiger partial charge in [-0.15, -0.1) is 0 Å². The summed E-state index contributed by atoms with van der Waals surface area (Å²) in [6.45, 7) is 11.5. The molecule has 0 heterocycles. The predicted molar refractivity (Wildman–Crippen MR) is 111 cm³/mol. The Labute approximate surface area is 151 Å². The normalized spacial score (nSPS) is 14.7. The number of hydrogen-bond donors (Lipinski definition) is 0. The van der Waals surface area contributed by atoms with E-state index < -0.39 is 8.32 Å². The van der Waals surface area contributed by atoms with Gasteiger partial charge in [-0.2, -0.15) is 0 Å². The van der Waals surface area contributed by atoms with E-state index in [9.17, 15) is 0 Å². The zero-order chi connectivity index (χ0) is 17.8. The van der Waals surface area contributed by atoms with E-state index in [2.05, 4.69) is 88.5 Å². The minimum absolute atomic E-state index is 0.215. The summed E-state index contributed by atoms with van der Waals surface area (Å²) in [4.78, 5) is 0. The van der Waals surface area contributed by atoms with E-state index >= 15 is 0 Å². The summed E-state index contributed by atoms with van der Waals surface area (Å²) in [5.74, 6) is 1.14. The second kappa shape index (κ2) is 5.47. The molecule has 0 amide bonds. The minimum Gasteiger partial charge on any atom is -0.546 e. The Hall–Kier alpha value is -2.06. The first-order valence-electron chi connectivity index (χ1n) is 9.10. The Kier molecular flexibility index (Phi) is 3.59. The van der Waals surface area contributed by atoms with Crippen LogP contribution in [0.4, 0.5) is 0 Å². The lowest BCUT2D eigenvalue weighted by atomic mass is 9.93. The molecule has 3 aromatic rings. The van der Waals surface area contributed by atoms with Crippen molar-refractivity contribution in [3.8, 4) is 0 Å². The van der Waals surface area contributed by atoms with Gasteiger partial charge in [0, 0.05) is 6.42 Å². The fourth-order valence-corrected chi connectivity index (χ4v) is 4.62. The van der Waals surface area contributed by atoms with Crippen LogP contribution in [0.25, 0.3) is 27.6 Å². The number of hydrogen-bond acceptors (Lipinski definition) is 1. The van der Waals surface area contributed by atoms with E-state index in [0.29, 0.717) is 0 Å². The first kappa shape index (κ1) is 16.4. The average Bonchev–Trinajstić information content (AvgIpc) is 2.97. The molecule has 1 aliphatic carbocycles. The molecule has 0 atom stereocenters. The Morgan fingerprint density at radius 1 is 0.800 bits per heavy atom. The number of rotatable bonds is 2. The summed E-state index contributed by atoms with van der Waals surface area (Å²) < 4.78 is 6.64. The highest BCUT2D eigenvalue weighted by atomic mass is 28.4. The van der Waals surface area contributed by atoms with Crippen LogP contribution in [0.1, 0.15) is 31.9 Å². The van der Waals surface area contributed by atoms with Gasteiger partial charge in [0.1, 0.15) is 0 Å². The molecule has 1 aliphatic rings. The van der Waals surface area contributed by atoms with Crippen molar-refractivity contribution in [1.82, 2.24) is 0 Å².